The number of halogens is 3. The van der Waals surface area contributed by atoms with Crippen LogP contribution in [-0.4, -0.2) is 24.5 Å². The number of alkyl halides is 2. The van der Waals surface area contributed by atoms with Crippen LogP contribution in [-0.2, 0) is 5.92 Å². The van der Waals surface area contributed by atoms with Crippen LogP contribution in [0.4, 0.5) is 8.78 Å². The van der Waals surface area contributed by atoms with E-state index in [4.69, 9.17) is 0 Å². The SMILES string of the molecule is CC(C)CN1CC(C(F)(F)c2ccc(Br)cc2)C1. The molecule has 1 nitrogen and oxygen atoms in total. The van der Waals surface area contributed by atoms with Gasteiger partial charge in [0.15, 0.2) is 0 Å². The summed E-state index contributed by atoms with van der Waals surface area (Å²) in [5.41, 5.74) is 0.125. The van der Waals surface area contributed by atoms with Gasteiger partial charge >= 0.3 is 0 Å². The van der Waals surface area contributed by atoms with Crippen molar-refractivity contribution in [2.45, 2.75) is 19.8 Å². The van der Waals surface area contributed by atoms with Gasteiger partial charge in [0.2, 0.25) is 0 Å². The summed E-state index contributed by atoms with van der Waals surface area (Å²) in [5.74, 6) is -2.72. The number of nitrogens with zero attached hydrogens (tertiary/aromatic N) is 1. The lowest BCUT2D eigenvalue weighted by molar-refractivity contribution is -0.126. The van der Waals surface area contributed by atoms with Gasteiger partial charge in [0.05, 0.1) is 5.92 Å². The molecule has 0 saturated carbocycles. The zero-order valence-electron chi connectivity index (χ0n) is 10.7. The molecule has 0 bridgehead atoms. The van der Waals surface area contributed by atoms with Crippen molar-refractivity contribution in [3.63, 3.8) is 0 Å². The van der Waals surface area contributed by atoms with Crippen molar-refractivity contribution in [3.05, 3.63) is 34.3 Å². The van der Waals surface area contributed by atoms with E-state index in [1.165, 1.54) is 12.1 Å². The molecule has 4 heteroatoms. The molecule has 1 aromatic rings. The fourth-order valence-electron chi connectivity index (χ4n) is 2.37. The Kier molecular flexibility index (Phi) is 4.07. The van der Waals surface area contributed by atoms with Crippen molar-refractivity contribution in [2.75, 3.05) is 19.6 Å². The minimum atomic E-state index is -2.71. The Hall–Kier alpha value is -0.480. The number of benzene rings is 1. The molecule has 1 aliphatic rings. The first-order valence-corrected chi connectivity index (χ1v) is 7.05. The quantitative estimate of drug-likeness (QED) is 0.807. The molecule has 1 fully saturated rings. The van der Waals surface area contributed by atoms with E-state index in [0.717, 1.165) is 11.0 Å². The van der Waals surface area contributed by atoms with Gasteiger partial charge < -0.3 is 4.90 Å². The van der Waals surface area contributed by atoms with E-state index in [0.29, 0.717) is 19.0 Å². The number of hydrogen-bond acceptors (Lipinski definition) is 1. The summed E-state index contributed by atoms with van der Waals surface area (Å²) >= 11 is 3.26. The number of likely N-dealkylation sites (tertiary alicyclic amines) is 1. The predicted molar refractivity (Wildman–Crippen MR) is 72.8 cm³/mol. The molecular formula is C14H18BrF2N. The van der Waals surface area contributed by atoms with Gasteiger partial charge in [0, 0.05) is 29.7 Å². The van der Waals surface area contributed by atoms with Gasteiger partial charge in [0.1, 0.15) is 0 Å². The summed E-state index contributed by atoms with van der Waals surface area (Å²) in [6, 6.07) is 6.37. The molecule has 0 atom stereocenters. The lowest BCUT2D eigenvalue weighted by atomic mass is 9.87. The van der Waals surface area contributed by atoms with Crippen molar-refractivity contribution in [3.8, 4) is 0 Å². The molecule has 1 aromatic carbocycles. The first kappa shape index (κ1) is 13.9. The topological polar surface area (TPSA) is 3.24 Å². The van der Waals surface area contributed by atoms with Crippen LogP contribution < -0.4 is 0 Å². The van der Waals surface area contributed by atoms with Crippen molar-refractivity contribution < 1.29 is 8.78 Å². The van der Waals surface area contributed by atoms with Crippen LogP contribution in [0.25, 0.3) is 0 Å². The molecule has 100 valence electrons. The number of hydrogen-bond donors (Lipinski definition) is 0. The Morgan fingerprint density at radius 1 is 1.28 bits per heavy atom. The van der Waals surface area contributed by atoms with Gasteiger partial charge in [-0.25, -0.2) is 8.78 Å². The normalized spacial score (nSPS) is 18.1. The first-order valence-electron chi connectivity index (χ1n) is 6.26. The van der Waals surface area contributed by atoms with Crippen molar-refractivity contribution in [1.82, 2.24) is 4.90 Å². The van der Waals surface area contributed by atoms with E-state index in [1.807, 2.05) is 0 Å². The molecule has 0 radical (unpaired) electrons. The Morgan fingerprint density at radius 2 is 1.83 bits per heavy atom. The molecule has 1 aliphatic heterocycles. The second-order valence-electron chi connectivity index (χ2n) is 5.44. The van der Waals surface area contributed by atoms with Crippen molar-refractivity contribution in [2.24, 2.45) is 11.8 Å². The van der Waals surface area contributed by atoms with Crippen LogP contribution >= 0.6 is 15.9 Å². The zero-order chi connectivity index (χ0) is 13.3. The standard InChI is InChI=1S/C14H18BrF2N/c1-10(2)7-18-8-12(9-18)14(16,17)11-3-5-13(15)6-4-11/h3-6,10,12H,7-9H2,1-2H3. The van der Waals surface area contributed by atoms with Crippen LogP contribution in [0.1, 0.15) is 19.4 Å². The van der Waals surface area contributed by atoms with E-state index in [1.54, 1.807) is 12.1 Å². The highest BCUT2D eigenvalue weighted by Crippen LogP contribution is 2.41. The van der Waals surface area contributed by atoms with Crippen LogP contribution in [0.3, 0.4) is 0 Å². The monoisotopic (exact) mass is 317 g/mol. The second-order valence-corrected chi connectivity index (χ2v) is 6.35. The Labute approximate surface area is 115 Å². The van der Waals surface area contributed by atoms with Gasteiger partial charge in [-0.1, -0.05) is 41.9 Å². The van der Waals surface area contributed by atoms with E-state index >= 15 is 0 Å². The van der Waals surface area contributed by atoms with Crippen LogP contribution in [0.5, 0.6) is 0 Å². The van der Waals surface area contributed by atoms with Gasteiger partial charge in [-0.3, -0.25) is 0 Å². The summed E-state index contributed by atoms with van der Waals surface area (Å²) < 4.78 is 29.2. The minimum Gasteiger partial charge on any atom is -0.302 e. The molecule has 0 aliphatic carbocycles. The average molecular weight is 318 g/mol. The molecule has 1 saturated heterocycles. The summed E-state index contributed by atoms with van der Waals surface area (Å²) in [4.78, 5) is 2.10. The second kappa shape index (κ2) is 5.25. The molecule has 2 rings (SSSR count). The molecule has 0 amide bonds. The first-order chi connectivity index (χ1) is 8.39. The maximum absolute atomic E-state index is 14.2. The zero-order valence-corrected chi connectivity index (χ0v) is 12.3. The highest BCUT2D eigenvalue weighted by atomic mass is 79.9. The van der Waals surface area contributed by atoms with E-state index in [-0.39, 0.29) is 5.56 Å². The molecule has 0 unspecified atom stereocenters. The molecule has 0 aromatic heterocycles. The van der Waals surface area contributed by atoms with Crippen molar-refractivity contribution in [1.29, 1.82) is 0 Å². The highest BCUT2D eigenvalue weighted by Gasteiger charge is 2.47. The van der Waals surface area contributed by atoms with E-state index in [2.05, 4.69) is 34.7 Å². The summed E-state index contributed by atoms with van der Waals surface area (Å²) in [6.45, 7) is 6.13. The molecule has 0 N–H and O–H groups in total. The van der Waals surface area contributed by atoms with E-state index in [9.17, 15) is 8.78 Å². The van der Waals surface area contributed by atoms with E-state index < -0.39 is 11.8 Å². The summed E-state index contributed by atoms with van der Waals surface area (Å²) in [5, 5.41) is 0. The Balaban J connectivity index is 1.98. The predicted octanol–water partition coefficient (Wildman–Crippen LogP) is 4.13. The summed E-state index contributed by atoms with van der Waals surface area (Å²) in [6.07, 6.45) is 0. The fraction of sp³-hybridized carbons (Fsp3) is 0.571. The minimum absolute atomic E-state index is 0.125. The van der Waals surface area contributed by atoms with Crippen LogP contribution in [0.2, 0.25) is 0 Å². The average Bonchev–Trinajstić information content (AvgIpc) is 2.23. The molecule has 1 heterocycles. The van der Waals surface area contributed by atoms with Gasteiger partial charge in [0.25, 0.3) is 5.92 Å². The third-order valence-corrected chi connectivity index (χ3v) is 3.85. The molecule has 0 spiro atoms. The molecule has 18 heavy (non-hydrogen) atoms. The highest BCUT2D eigenvalue weighted by molar-refractivity contribution is 9.10. The third-order valence-electron chi connectivity index (χ3n) is 3.32. The Bertz CT molecular complexity index is 397. The maximum atomic E-state index is 14.2. The lowest BCUT2D eigenvalue weighted by Gasteiger charge is -2.44. The van der Waals surface area contributed by atoms with Crippen LogP contribution in [0, 0.1) is 11.8 Å². The van der Waals surface area contributed by atoms with Gasteiger partial charge in [-0.2, -0.15) is 0 Å². The third kappa shape index (κ3) is 2.91. The number of rotatable bonds is 4. The van der Waals surface area contributed by atoms with Gasteiger partial charge in [-0.15, -0.1) is 0 Å². The van der Waals surface area contributed by atoms with Crippen LogP contribution in [0.15, 0.2) is 28.7 Å². The van der Waals surface area contributed by atoms with Crippen molar-refractivity contribution >= 4 is 15.9 Å². The Morgan fingerprint density at radius 3 is 2.33 bits per heavy atom. The largest absolute Gasteiger partial charge is 0.302 e. The smallest absolute Gasteiger partial charge is 0.278 e. The fourth-order valence-corrected chi connectivity index (χ4v) is 2.64. The molecular weight excluding hydrogens is 300 g/mol. The maximum Gasteiger partial charge on any atom is 0.278 e. The summed E-state index contributed by atoms with van der Waals surface area (Å²) in [7, 11) is 0. The lowest BCUT2D eigenvalue weighted by Crippen LogP contribution is -2.54. The van der Waals surface area contributed by atoms with Gasteiger partial charge in [-0.05, 0) is 18.1 Å².